The summed E-state index contributed by atoms with van der Waals surface area (Å²) in [5.41, 5.74) is 1.32. The number of aromatic nitrogens is 1. The van der Waals surface area contributed by atoms with Crippen LogP contribution in [0.2, 0.25) is 0 Å². The molecule has 0 saturated heterocycles. The number of ether oxygens (including phenoxy) is 1. The summed E-state index contributed by atoms with van der Waals surface area (Å²) in [6.45, 7) is 4.37. The average molecular weight is 342 g/mol. The smallest absolute Gasteiger partial charge is 0.267 e. The molecule has 2 aromatic heterocycles. The van der Waals surface area contributed by atoms with Gasteiger partial charge in [0.25, 0.3) is 5.91 Å². The van der Waals surface area contributed by atoms with Crippen LogP contribution >= 0.6 is 0 Å². The third-order valence-corrected chi connectivity index (χ3v) is 3.98. The minimum Gasteiger partial charge on any atom is -0.494 e. The summed E-state index contributed by atoms with van der Waals surface area (Å²) in [6, 6.07) is 10.7. The van der Waals surface area contributed by atoms with Crippen LogP contribution in [0.4, 0.5) is 0 Å². The van der Waals surface area contributed by atoms with E-state index in [4.69, 9.17) is 9.15 Å². The summed E-state index contributed by atoms with van der Waals surface area (Å²) in [6.07, 6.45) is 1.14. The molecule has 6 nitrogen and oxygen atoms in total. The second-order valence-electron chi connectivity index (χ2n) is 6.01. The zero-order chi connectivity index (χ0) is 17.8. The van der Waals surface area contributed by atoms with E-state index in [2.05, 4.69) is 10.3 Å². The first-order chi connectivity index (χ1) is 12.1. The van der Waals surface area contributed by atoms with Gasteiger partial charge in [0.1, 0.15) is 23.3 Å². The maximum atomic E-state index is 12.4. The van der Waals surface area contributed by atoms with Gasteiger partial charge in [-0.05, 0) is 44.2 Å². The number of rotatable bonds is 7. The number of nitrogens with one attached hydrogen (secondary N) is 2. The molecule has 25 heavy (non-hydrogen) atoms. The molecular weight excluding hydrogens is 320 g/mol. The highest BCUT2D eigenvalue weighted by molar-refractivity contribution is 5.98. The lowest BCUT2D eigenvalue weighted by Crippen LogP contribution is -2.33. The number of furan rings is 1. The van der Waals surface area contributed by atoms with Gasteiger partial charge < -0.3 is 24.6 Å². The Kier molecular flexibility index (Phi) is 5.09. The number of aliphatic hydroxyl groups is 1. The van der Waals surface area contributed by atoms with Crippen LogP contribution in [0.25, 0.3) is 10.9 Å². The number of hydrogen-bond donors (Lipinski definition) is 3. The van der Waals surface area contributed by atoms with Gasteiger partial charge in [-0.2, -0.15) is 0 Å². The number of carbonyl (C=O) groups is 1. The number of hydrogen-bond acceptors (Lipinski definition) is 4. The van der Waals surface area contributed by atoms with Gasteiger partial charge in [0.05, 0.1) is 12.9 Å². The summed E-state index contributed by atoms with van der Waals surface area (Å²) in [5, 5.41) is 13.9. The van der Waals surface area contributed by atoms with Crippen LogP contribution in [-0.2, 0) is 0 Å². The lowest BCUT2D eigenvalue weighted by Gasteiger charge is -2.16. The first kappa shape index (κ1) is 17.1. The molecule has 2 unspecified atom stereocenters. The van der Waals surface area contributed by atoms with E-state index in [1.165, 1.54) is 6.26 Å². The largest absolute Gasteiger partial charge is 0.494 e. The van der Waals surface area contributed by atoms with Crippen molar-refractivity contribution in [3.05, 3.63) is 54.1 Å². The van der Waals surface area contributed by atoms with E-state index >= 15 is 0 Å². The van der Waals surface area contributed by atoms with E-state index in [0.29, 0.717) is 24.5 Å². The molecule has 1 amide bonds. The lowest BCUT2D eigenvalue weighted by molar-refractivity contribution is 0.0899. The quantitative estimate of drug-likeness (QED) is 0.614. The molecule has 0 spiro atoms. The molecule has 0 radical (unpaired) electrons. The van der Waals surface area contributed by atoms with Crippen LogP contribution in [-0.4, -0.2) is 28.6 Å². The Hall–Kier alpha value is -2.73. The zero-order valence-corrected chi connectivity index (χ0v) is 14.3. The van der Waals surface area contributed by atoms with Gasteiger partial charge >= 0.3 is 0 Å². The molecule has 1 aromatic carbocycles. The van der Waals surface area contributed by atoms with Crippen LogP contribution in [0.5, 0.6) is 5.75 Å². The highest BCUT2D eigenvalue weighted by atomic mass is 16.5. The molecule has 2 heterocycles. The second kappa shape index (κ2) is 7.44. The monoisotopic (exact) mass is 342 g/mol. The highest BCUT2D eigenvalue weighted by Gasteiger charge is 2.18. The third-order valence-electron chi connectivity index (χ3n) is 3.98. The van der Waals surface area contributed by atoms with Gasteiger partial charge in [0.2, 0.25) is 0 Å². The fraction of sp³-hybridized carbons (Fsp3) is 0.316. The number of aliphatic hydroxyl groups excluding tert-OH is 1. The van der Waals surface area contributed by atoms with Gasteiger partial charge in [0, 0.05) is 29.4 Å². The van der Waals surface area contributed by atoms with Crippen LogP contribution in [0.3, 0.4) is 0 Å². The molecule has 3 aromatic rings. The molecule has 2 atom stereocenters. The predicted octanol–water partition coefficient (Wildman–Crippen LogP) is 3.40. The average Bonchev–Trinajstić information content (AvgIpc) is 3.24. The van der Waals surface area contributed by atoms with Crippen molar-refractivity contribution in [2.24, 2.45) is 0 Å². The molecule has 0 fully saturated rings. The number of amides is 1. The molecule has 0 bridgehead atoms. The Morgan fingerprint density at radius 3 is 2.92 bits per heavy atom. The number of carbonyl (C=O) groups excluding carboxylic acids is 1. The highest BCUT2D eigenvalue weighted by Crippen LogP contribution is 2.22. The van der Waals surface area contributed by atoms with E-state index in [1.807, 2.05) is 32.0 Å². The second-order valence-corrected chi connectivity index (χ2v) is 6.01. The summed E-state index contributed by atoms with van der Waals surface area (Å²) >= 11 is 0. The van der Waals surface area contributed by atoms with Gasteiger partial charge in [0.15, 0.2) is 0 Å². The Labute approximate surface area is 145 Å². The van der Waals surface area contributed by atoms with Crippen molar-refractivity contribution in [1.82, 2.24) is 10.3 Å². The SMILES string of the molecule is CCOc1ccc2cc(C(=O)NC(C)CC(O)c3ccco3)[nH]c2c1. The summed E-state index contributed by atoms with van der Waals surface area (Å²) < 4.78 is 10.6. The van der Waals surface area contributed by atoms with E-state index in [1.54, 1.807) is 18.2 Å². The van der Waals surface area contributed by atoms with Crippen molar-refractivity contribution in [2.75, 3.05) is 6.61 Å². The normalized spacial score (nSPS) is 13.6. The Morgan fingerprint density at radius 2 is 2.20 bits per heavy atom. The molecule has 132 valence electrons. The minimum absolute atomic E-state index is 0.210. The van der Waals surface area contributed by atoms with E-state index in [0.717, 1.165) is 16.7 Å². The van der Waals surface area contributed by atoms with Crippen molar-refractivity contribution in [2.45, 2.75) is 32.4 Å². The van der Waals surface area contributed by atoms with Crippen molar-refractivity contribution >= 4 is 16.8 Å². The van der Waals surface area contributed by atoms with E-state index in [9.17, 15) is 9.90 Å². The lowest BCUT2D eigenvalue weighted by atomic mass is 10.1. The summed E-state index contributed by atoms with van der Waals surface area (Å²) in [4.78, 5) is 15.5. The summed E-state index contributed by atoms with van der Waals surface area (Å²) in [5.74, 6) is 1.04. The maximum absolute atomic E-state index is 12.4. The van der Waals surface area contributed by atoms with Crippen LogP contribution in [0, 0.1) is 0 Å². The van der Waals surface area contributed by atoms with Gasteiger partial charge in [-0.15, -0.1) is 0 Å². The molecule has 0 aliphatic carbocycles. The fourth-order valence-corrected chi connectivity index (χ4v) is 2.78. The molecular formula is C19H22N2O4. The first-order valence-corrected chi connectivity index (χ1v) is 8.34. The van der Waals surface area contributed by atoms with Crippen LogP contribution < -0.4 is 10.1 Å². The maximum Gasteiger partial charge on any atom is 0.267 e. The molecule has 3 rings (SSSR count). The zero-order valence-electron chi connectivity index (χ0n) is 14.3. The predicted molar refractivity (Wildman–Crippen MR) is 94.7 cm³/mol. The summed E-state index contributed by atoms with van der Waals surface area (Å²) in [7, 11) is 0. The first-order valence-electron chi connectivity index (χ1n) is 8.34. The Bertz CT molecular complexity index is 838. The number of aromatic amines is 1. The Balaban J connectivity index is 1.65. The van der Waals surface area contributed by atoms with Gasteiger partial charge in [-0.25, -0.2) is 0 Å². The topological polar surface area (TPSA) is 87.5 Å². The van der Waals surface area contributed by atoms with E-state index < -0.39 is 6.10 Å². The molecule has 0 aliphatic heterocycles. The van der Waals surface area contributed by atoms with Crippen molar-refractivity contribution in [3.63, 3.8) is 0 Å². The van der Waals surface area contributed by atoms with Crippen molar-refractivity contribution < 1.29 is 19.1 Å². The number of benzene rings is 1. The Morgan fingerprint density at radius 1 is 1.36 bits per heavy atom. The number of fused-ring (bicyclic) bond motifs is 1. The van der Waals surface area contributed by atoms with E-state index in [-0.39, 0.29) is 11.9 Å². The molecule has 0 saturated carbocycles. The minimum atomic E-state index is -0.748. The molecule has 3 N–H and O–H groups in total. The van der Waals surface area contributed by atoms with Crippen molar-refractivity contribution in [3.8, 4) is 5.75 Å². The third kappa shape index (κ3) is 4.03. The van der Waals surface area contributed by atoms with Crippen molar-refractivity contribution in [1.29, 1.82) is 0 Å². The molecule has 6 heteroatoms. The fourth-order valence-electron chi connectivity index (χ4n) is 2.78. The van der Waals surface area contributed by atoms with Crippen LogP contribution in [0.15, 0.2) is 47.1 Å². The standard InChI is InChI=1S/C19H22N2O4/c1-3-24-14-7-6-13-10-16(21-15(13)11-14)19(23)20-12(2)9-17(22)18-5-4-8-25-18/h4-8,10-12,17,21-22H,3,9H2,1-2H3,(H,20,23). The van der Waals surface area contributed by atoms with Gasteiger partial charge in [-0.1, -0.05) is 0 Å². The van der Waals surface area contributed by atoms with Crippen LogP contribution in [0.1, 0.15) is 42.6 Å². The van der Waals surface area contributed by atoms with Gasteiger partial charge in [-0.3, -0.25) is 4.79 Å². The molecule has 0 aliphatic rings. The number of H-pyrrole nitrogens is 1.